The van der Waals surface area contributed by atoms with Gasteiger partial charge in [-0.15, -0.1) is 0 Å². The number of carbonyl (C=O) groups is 2. The monoisotopic (exact) mass is 236 g/mol. The van der Waals surface area contributed by atoms with E-state index < -0.39 is 0 Å². The van der Waals surface area contributed by atoms with Gasteiger partial charge in [0.2, 0.25) is 11.8 Å². The molecule has 0 aromatic carbocycles. The highest BCUT2D eigenvalue weighted by atomic mass is 16.2. The molecule has 0 spiro atoms. The van der Waals surface area contributed by atoms with Crippen molar-refractivity contribution in [2.45, 2.75) is 44.9 Å². The van der Waals surface area contributed by atoms with E-state index in [1.54, 1.807) is 0 Å². The first kappa shape index (κ1) is 14.1. The number of hydrogen-bond donors (Lipinski definition) is 2. The number of rotatable bonds is 4. The molecule has 0 heterocycles. The van der Waals surface area contributed by atoms with Crippen LogP contribution in [0.1, 0.15) is 44.9 Å². The van der Waals surface area contributed by atoms with Gasteiger partial charge in [0, 0.05) is 5.92 Å². The summed E-state index contributed by atoms with van der Waals surface area (Å²) in [5.41, 5.74) is 0. The van der Waals surface area contributed by atoms with Crippen molar-refractivity contribution in [3.05, 3.63) is 0 Å². The maximum Gasteiger partial charge on any atom is 0.238 e. The van der Waals surface area contributed by atoms with Crippen LogP contribution < -0.4 is 10.6 Å². The lowest BCUT2D eigenvalue weighted by Gasteiger charge is -2.18. The van der Waals surface area contributed by atoms with Gasteiger partial charge in [-0.05, 0) is 19.3 Å². The Balaban J connectivity index is 2.27. The van der Waals surface area contributed by atoms with Gasteiger partial charge in [0.25, 0.3) is 0 Å². The van der Waals surface area contributed by atoms with Gasteiger partial charge in [-0.3, -0.25) is 9.59 Å². The lowest BCUT2D eigenvalue weighted by atomic mass is 9.90. The van der Waals surface area contributed by atoms with Crippen molar-refractivity contribution < 1.29 is 9.59 Å². The quantitative estimate of drug-likeness (QED) is 0.706. The molecular weight excluding hydrogens is 215 g/mol. The summed E-state index contributed by atoms with van der Waals surface area (Å²) in [6.45, 7) is 0.0343. The highest BCUT2D eigenvalue weighted by Gasteiger charge is 2.19. The molecule has 5 heteroatoms. The zero-order chi connectivity index (χ0) is 12.5. The number of carbonyl (C=O) groups excluding carboxylic acids is 2. The van der Waals surface area contributed by atoms with Crippen LogP contribution in [0.5, 0.6) is 0 Å². The summed E-state index contributed by atoms with van der Waals surface area (Å²) in [5.74, 6) is -0.133. The molecule has 0 aliphatic heterocycles. The molecule has 94 valence electrons. The first-order chi connectivity index (χ1) is 8.24. The predicted molar refractivity (Wildman–Crippen MR) is 67.6 cm³/mol. The van der Waals surface area contributed by atoms with Gasteiger partial charge in [0.15, 0.2) is 0 Å². The molecule has 2 amide bonds. The molecule has 1 aliphatic carbocycles. The fourth-order valence-electron chi connectivity index (χ4n) is 2.21. The van der Waals surface area contributed by atoms with Crippen LogP contribution in [-0.2, 0) is 9.59 Å². The molecule has 0 aromatic heterocycles. The molecule has 0 atom stereocenters. The molecule has 0 saturated heterocycles. The summed E-state index contributed by atoms with van der Waals surface area (Å²) in [6, 6.07) is 0. The maximum atomic E-state index is 11.8. The van der Waals surface area contributed by atoms with Gasteiger partial charge in [-0.1, -0.05) is 32.1 Å². The third-order valence-corrected chi connectivity index (χ3v) is 3.20. The highest BCUT2D eigenvalue weighted by molar-refractivity contribution is 6.10. The summed E-state index contributed by atoms with van der Waals surface area (Å²) >= 11 is 0. The Morgan fingerprint density at radius 3 is 2.18 bits per heavy atom. The summed E-state index contributed by atoms with van der Waals surface area (Å²) < 4.78 is 0. The van der Waals surface area contributed by atoms with Crippen LogP contribution in [0.4, 0.5) is 0 Å². The second-order valence-electron chi connectivity index (χ2n) is 4.56. The third-order valence-electron chi connectivity index (χ3n) is 3.20. The van der Waals surface area contributed by atoms with Crippen molar-refractivity contribution in [1.82, 2.24) is 10.6 Å². The van der Waals surface area contributed by atoms with Gasteiger partial charge in [-0.25, -0.2) is 0 Å². The number of amides is 2. The van der Waals surface area contributed by atoms with E-state index in [0.717, 1.165) is 25.7 Å². The molecule has 1 rings (SSSR count). The van der Waals surface area contributed by atoms with E-state index in [1.165, 1.54) is 19.3 Å². The van der Waals surface area contributed by atoms with E-state index in [1.807, 2.05) is 0 Å². The van der Waals surface area contributed by atoms with Crippen LogP contribution in [0.15, 0.2) is 0 Å². The zero-order valence-electron chi connectivity index (χ0n) is 10.3. The first-order valence-corrected chi connectivity index (χ1v) is 6.48. The largest absolute Gasteiger partial charge is 0.364 e. The molecule has 1 fully saturated rings. The lowest BCUT2D eigenvalue weighted by molar-refractivity contribution is -0.128. The standard InChI is InChI=1S/C12H21BN2O2/c13-9-15-11(16)8-14-12(17)10-6-4-2-1-3-5-7-10/h10H,1-9H2,(H,14,17)(H,15,16). The van der Waals surface area contributed by atoms with Crippen LogP contribution in [-0.4, -0.2) is 32.6 Å². The third kappa shape index (κ3) is 5.75. The van der Waals surface area contributed by atoms with Gasteiger partial charge >= 0.3 is 0 Å². The van der Waals surface area contributed by atoms with E-state index in [-0.39, 0.29) is 30.7 Å². The van der Waals surface area contributed by atoms with Crippen LogP contribution in [0.2, 0.25) is 0 Å². The van der Waals surface area contributed by atoms with Crippen molar-refractivity contribution in [2.24, 2.45) is 5.92 Å². The average molecular weight is 236 g/mol. The van der Waals surface area contributed by atoms with Gasteiger partial charge in [0.1, 0.15) is 0 Å². The Morgan fingerprint density at radius 2 is 1.59 bits per heavy atom. The van der Waals surface area contributed by atoms with Gasteiger partial charge in [-0.2, -0.15) is 0 Å². The minimum atomic E-state index is -0.230. The Labute approximate surface area is 104 Å². The summed E-state index contributed by atoms with van der Waals surface area (Å²) in [4.78, 5) is 23.0. The SMILES string of the molecule is [B]CNC(=O)CNC(=O)C1CCCCCCC1. The molecule has 1 saturated carbocycles. The molecule has 0 aromatic rings. The van der Waals surface area contributed by atoms with Crippen molar-refractivity contribution in [2.75, 3.05) is 13.0 Å². The molecule has 4 nitrogen and oxygen atoms in total. The van der Waals surface area contributed by atoms with E-state index in [4.69, 9.17) is 7.85 Å². The minimum absolute atomic E-state index is 0.0130. The lowest BCUT2D eigenvalue weighted by Crippen LogP contribution is -2.40. The van der Waals surface area contributed by atoms with Gasteiger partial charge in [0.05, 0.1) is 14.4 Å². The highest BCUT2D eigenvalue weighted by Crippen LogP contribution is 2.22. The van der Waals surface area contributed by atoms with Crippen molar-refractivity contribution >= 4 is 19.7 Å². The smallest absolute Gasteiger partial charge is 0.238 e. The Morgan fingerprint density at radius 1 is 1.00 bits per heavy atom. The molecule has 0 bridgehead atoms. The van der Waals surface area contributed by atoms with Crippen LogP contribution in [0.3, 0.4) is 0 Å². The second-order valence-corrected chi connectivity index (χ2v) is 4.56. The van der Waals surface area contributed by atoms with Crippen LogP contribution in [0.25, 0.3) is 0 Å². The molecule has 2 radical (unpaired) electrons. The summed E-state index contributed by atoms with van der Waals surface area (Å²) in [7, 11) is 5.17. The van der Waals surface area contributed by atoms with Crippen molar-refractivity contribution in [3.63, 3.8) is 0 Å². The number of hydrogen-bond acceptors (Lipinski definition) is 2. The summed E-state index contributed by atoms with van der Waals surface area (Å²) in [6.07, 6.45) is 7.97. The number of nitrogens with one attached hydrogen (secondary N) is 2. The van der Waals surface area contributed by atoms with E-state index in [2.05, 4.69) is 10.6 Å². The fraction of sp³-hybridized carbons (Fsp3) is 0.833. The Kier molecular flexibility index (Phi) is 6.74. The maximum absolute atomic E-state index is 11.8. The van der Waals surface area contributed by atoms with Crippen LogP contribution >= 0.6 is 0 Å². The topological polar surface area (TPSA) is 58.2 Å². The Bertz CT molecular complexity index is 251. The predicted octanol–water partition coefficient (Wildman–Crippen LogP) is 0.705. The molecule has 2 N–H and O–H groups in total. The average Bonchev–Trinajstić information content (AvgIpc) is 2.26. The molecular formula is C12H21BN2O2. The first-order valence-electron chi connectivity index (χ1n) is 6.48. The molecule has 17 heavy (non-hydrogen) atoms. The van der Waals surface area contributed by atoms with Crippen LogP contribution in [0, 0.1) is 5.92 Å². The second kappa shape index (κ2) is 8.15. The normalized spacial score (nSPS) is 17.9. The zero-order valence-corrected chi connectivity index (χ0v) is 10.3. The molecule has 1 aliphatic rings. The van der Waals surface area contributed by atoms with E-state index in [9.17, 15) is 9.59 Å². The fourth-order valence-corrected chi connectivity index (χ4v) is 2.21. The van der Waals surface area contributed by atoms with E-state index >= 15 is 0 Å². The summed E-state index contributed by atoms with van der Waals surface area (Å²) in [5, 5.41) is 5.13. The Hall–Kier alpha value is -0.995. The van der Waals surface area contributed by atoms with Crippen molar-refractivity contribution in [1.29, 1.82) is 0 Å². The van der Waals surface area contributed by atoms with E-state index in [0.29, 0.717) is 0 Å². The minimum Gasteiger partial charge on any atom is -0.364 e. The van der Waals surface area contributed by atoms with Crippen molar-refractivity contribution in [3.8, 4) is 0 Å². The molecule has 0 unspecified atom stereocenters. The van der Waals surface area contributed by atoms with Gasteiger partial charge < -0.3 is 10.6 Å².